The Bertz CT molecular complexity index is 876. The highest BCUT2D eigenvalue weighted by Crippen LogP contribution is 2.23. The third-order valence-corrected chi connectivity index (χ3v) is 4.94. The van der Waals surface area contributed by atoms with Crippen molar-refractivity contribution in [2.24, 2.45) is 0 Å². The van der Waals surface area contributed by atoms with Crippen molar-refractivity contribution in [1.82, 2.24) is 4.98 Å². The number of anilines is 2. The third kappa shape index (κ3) is 4.67. The van der Waals surface area contributed by atoms with Gasteiger partial charge in [-0.25, -0.2) is 4.98 Å². The lowest BCUT2D eigenvalue weighted by atomic mass is 10.1. The first-order chi connectivity index (χ1) is 12.0. The molecule has 1 amide bonds. The van der Waals surface area contributed by atoms with Crippen molar-refractivity contribution in [1.29, 1.82) is 0 Å². The summed E-state index contributed by atoms with van der Waals surface area (Å²) in [6, 6.07) is 15.1. The van der Waals surface area contributed by atoms with E-state index < -0.39 is 0 Å². The largest absolute Gasteiger partial charge is 0.374 e. The number of rotatable bonds is 5. The quantitative estimate of drug-likeness (QED) is 0.592. The average Bonchev–Trinajstić information content (AvgIpc) is 3.02. The fourth-order valence-electron chi connectivity index (χ4n) is 2.37. The first-order valence-electron chi connectivity index (χ1n) is 7.87. The van der Waals surface area contributed by atoms with Crippen LogP contribution in [0.15, 0.2) is 58.4 Å². The Hall–Kier alpha value is -2.18. The number of nitrogens with one attached hydrogen (secondary N) is 2. The Kier molecular flexibility index (Phi) is 5.50. The molecule has 1 aromatic heterocycles. The van der Waals surface area contributed by atoms with Gasteiger partial charge in [-0.15, -0.1) is 11.3 Å². The summed E-state index contributed by atoms with van der Waals surface area (Å²) in [5.74, 6) is -0.0858. The molecule has 0 fully saturated rings. The van der Waals surface area contributed by atoms with Crippen LogP contribution in [0.4, 0.5) is 11.4 Å². The van der Waals surface area contributed by atoms with E-state index in [2.05, 4.69) is 31.5 Å². The number of carbonyl (C=O) groups is 1. The first kappa shape index (κ1) is 17.6. The van der Waals surface area contributed by atoms with Crippen LogP contribution in [0.2, 0.25) is 0 Å². The van der Waals surface area contributed by atoms with Gasteiger partial charge in [0.05, 0.1) is 10.7 Å². The number of hydrogen-bond acceptors (Lipinski definition) is 4. The van der Waals surface area contributed by atoms with Crippen LogP contribution in [0.25, 0.3) is 11.3 Å². The van der Waals surface area contributed by atoms with E-state index in [-0.39, 0.29) is 11.9 Å². The van der Waals surface area contributed by atoms with Crippen molar-refractivity contribution in [3.63, 3.8) is 0 Å². The van der Waals surface area contributed by atoms with E-state index in [1.54, 1.807) is 11.3 Å². The molecule has 0 aliphatic rings. The molecular weight excluding hydrogens is 398 g/mol. The number of hydrogen-bond donors (Lipinski definition) is 2. The minimum Gasteiger partial charge on any atom is -0.374 e. The molecule has 2 N–H and O–H groups in total. The molecule has 0 unspecified atom stereocenters. The molecule has 3 rings (SSSR count). The smallest absolute Gasteiger partial charge is 0.246 e. The lowest BCUT2D eigenvalue weighted by Gasteiger charge is -2.15. The first-order valence-corrected chi connectivity index (χ1v) is 9.54. The Morgan fingerprint density at radius 3 is 2.56 bits per heavy atom. The SMILES string of the molecule is Cc1nc(-c2ccc(N[C@H](C)C(=O)Nc3cccc(Br)c3)cc2)cs1. The summed E-state index contributed by atoms with van der Waals surface area (Å²) in [5, 5.41) is 9.22. The molecular formula is C19H18BrN3OS. The molecule has 0 saturated carbocycles. The maximum Gasteiger partial charge on any atom is 0.246 e. The van der Waals surface area contributed by atoms with Gasteiger partial charge in [-0.05, 0) is 44.2 Å². The van der Waals surface area contributed by atoms with Crippen molar-refractivity contribution in [2.75, 3.05) is 10.6 Å². The number of thiazole rings is 1. The van der Waals surface area contributed by atoms with Crippen LogP contribution in [0.5, 0.6) is 0 Å². The summed E-state index contributed by atoms with van der Waals surface area (Å²) in [6.07, 6.45) is 0. The zero-order chi connectivity index (χ0) is 17.8. The lowest BCUT2D eigenvalue weighted by Crippen LogP contribution is -2.31. The molecule has 0 bridgehead atoms. The second kappa shape index (κ2) is 7.80. The molecule has 0 spiro atoms. The zero-order valence-electron chi connectivity index (χ0n) is 13.9. The minimum absolute atomic E-state index is 0.0858. The van der Waals surface area contributed by atoms with Crippen molar-refractivity contribution in [3.8, 4) is 11.3 Å². The fraction of sp³-hybridized carbons (Fsp3) is 0.158. The molecule has 0 saturated heterocycles. The van der Waals surface area contributed by atoms with Gasteiger partial charge in [0.25, 0.3) is 0 Å². The number of aromatic nitrogens is 1. The van der Waals surface area contributed by atoms with E-state index >= 15 is 0 Å². The summed E-state index contributed by atoms with van der Waals surface area (Å²) >= 11 is 5.04. The molecule has 0 aliphatic carbocycles. The second-order valence-electron chi connectivity index (χ2n) is 5.69. The van der Waals surface area contributed by atoms with Crippen LogP contribution in [-0.2, 0) is 4.79 Å². The van der Waals surface area contributed by atoms with Crippen molar-refractivity contribution < 1.29 is 4.79 Å². The van der Waals surface area contributed by atoms with Crippen LogP contribution in [-0.4, -0.2) is 16.9 Å². The molecule has 25 heavy (non-hydrogen) atoms. The highest BCUT2D eigenvalue weighted by Gasteiger charge is 2.13. The molecule has 0 radical (unpaired) electrons. The highest BCUT2D eigenvalue weighted by molar-refractivity contribution is 9.10. The van der Waals surface area contributed by atoms with Crippen LogP contribution in [0.3, 0.4) is 0 Å². The molecule has 2 aromatic carbocycles. The molecule has 128 valence electrons. The van der Waals surface area contributed by atoms with Crippen LogP contribution in [0, 0.1) is 6.92 Å². The second-order valence-corrected chi connectivity index (χ2v) is 7.67. The Labute approximate surface area is 159 Å². The molecule has 0 aliphatic heterocycles. The summed E-state index contributed by atoms with van der Waals surface area (Å²) < 4.78 is 0.929. The van der Waals surface area contributed by atoms with Crippen LogP contribution < -0.4 is 10.6 Å². The summed E-state index contributed by atoms with van der Waals surface area (Å²) in [4.78, 5) is 16.8. The van der Waals surface area contributed by atoms with Gasteiger partial charge in [0, 0.05) is 26.8 Å². The molecule has 4 nitrogen and oxygen atoms in total. The van der Waals surface area contributed by atoms with Crippen LogP contribution in [0.1, 0.15) is 11.9 Å². The number of amides is 1. The maximum atomic E-state index is 12.3. The summed E-state index contributed by atoms with van der Waals surface area (Å²) in [5.41, 5.74) is 3.71. The normalized spacial score (nSPS) is 11.8. The zero-order valence-corrected chi connectivity index (χ0v) is 16.3. The molecule has 1 heterocycles. The maximum absolute atomic E-state index is 12.3. The van der Waals surface area contributed by atoms with E-state index in [4.69, 9.17) is 0 Å². The van der Waals surface area contributed by atoms with Crippen molar-refractivity contribution in [3.05, 3.63) is 63.4 Å². The number of halogens is 1. The molecule has 6 heteroatoms. The van der Waals surface area contributed by atoms with Gasteiger partial charge in [0.1, 0.15) is 6.04 Å². The van der Waals surface area contributed by atoms with E-state index in [1.165, 1.54) is 0 Å². The topological polar surface area (TPSA) is 54.0 Å². The molecule has 3 aromatic rings. The van der Waals surface area contributed by atoms with Gasteiger partial charge in [0.2, 0.25) is 5.91 Å². The van der Waals surface area contributed by atoms with Gasteiger partial charge < -0.3 is 10.6 Å². The van der Waals surface area contributed by atoms with E-state index in [9.17, 15) is 4.79 Å². The van der Waals surface area contributed by atoms with Gasteiger partial charge in [-0.1, -0.05) is 34.1 Å². The monoisotopic (exact) mass is 415 g/mol. The van der Waals surface area contributed by atoms with Gasteiger partial charge in [-0.2, -0.15) is 0 Å². The van der Waals surface area contributed by atoms with E-state index in [0.717, 1.165) is 32.1 Å². The van der Waals surface area contributed by atoms with Crippen LogP contribution >= 0.6 is 27.3 Å². The van der Waals surface area contributed by atoms with Gasteiger partial charge >= 0.3 is 0 Å². The van der Waals surface area contributed by atoms with E-state index in [0.29, 0.717) is 0 Å². The average molecular weight is 416 g/mol. The minimum atomic E-state index is -0.355. The fourth-order valence-corrected chi connectivity index (χ4v) is 3.39. The predicted octanol–water partition coefficient (Wildman–Crippen LogP) is 5.32. The standard InChI is InChI=1S/C19H18BrN3OS/c1-12(19(24)23-17-5-3-4-15(20)10-17)21-16-8-6-14(7-9-16)18-11-25-13(2)22-18/h3-12,21H,1-2H3,(H,23,24)/t12-/m1/s1. The number of benzene rings is 2. The van der Waals surface area contributed by atoms with E-state index in [1.807, 2.05) is 67.8 Å². The summed E-state index contributed by atoms with van der Waals surface area (Å²) in [7, 11) is 0. The third-order valence-electron chi connectivity index (χ3n) is 3.67. The molecule has 1 atom stereocenters. The summed E-state index contributed by atoms with van der Waals surface area (Å²) in [6.45, 7) is 3.83. The number of carbonyl (C=O) groups excluding carboxylic acids is 1. The van der Waals surface area contributed by atoms with Gasteiger partial charge in [-0.3, -0.25) is 4.79 Å². The van der Waals surface area contributed by atoms with Crippen molar-refractivity contribution in [2.45, 2.75) is 19.9 Å². The van der Waals surface area contributed by atoms with Crippen molar-refractivity contribution >= 4 is 44.5 Å². The van der Waals surface area contributed by atoms with Gasteiger partial charge in [0.15, 0.2) is 0 Å². The predicted molar refractivity (Wildman–Crippen MR) is 108 cm³/mol. The Balaban J connectivity index is 1.62. The highest BCUT2D eigenvalue weighted by atomic mass is 79.9. The Morgan fingerprint density at radius 1 is 1.16 bits per heavy atom. The number of nitrogens with zero attached hydrogens (tertiary/aromatic N) is 1. The Morgan fingerprint density at radius 2 is 1.92 bits per heavy atom. The number of aryl methyl sites for hydroxylation is 1. The lowest BCUT2D eigenvalue weighted by molar-refractivity contribution is -0.116.